The van der Waals surface area contributed by atoms with Crippen molar-refractivity contribution in [2.24, 2.45) is 0 Å². The van der Waals surface area contributed by atoms with Crippen molar-refractivity contribution in [3.05, 3.63) is 40.3 Å². The van der Waals surface area contributed by atoms with Crippen LogP contribution in [0.4, 0.5) is 0 Å². The number of thioether (sulfide) groups is 1. The van der Waals surface area contributed by atoms with E-state index in [1.54, 1.807) is 39.2 Å². The van der Waals surface area contributed by atoms with Gasteiger partial charge >= 0.3 is 0 Å². The summed E-state index contributed by atoms with van der Waals surface area (Å²) in [5.74, 6) is 2.53. The monoisotopic (exact) mass is 375 g/mol. The Hall–Kier alpha value is -2.61. The van der Waals surface area contributed by atoms with Crippen molar-refractivity contribution < 1.29 is 14.2 Å². The van der Waals surface area contributed by atoms with E-state index in [1.807, 2.05) is 24.5 Å². The average Bonchev–Trinajstić information content (AvgIpc) is 3.09. The van der Waals surface area contributed by atoms with Crippen molar-refractivity contribution in [2.75, 3.05) is 33.3 Å². The number of fused-ring (bicyclic) bond motifs is 1. The Bertz CT molecular complexity index is 955. The third-order valence-electron chi connectivity index (χ3n) is 4.04. The summed E-state index contributed by atoms with van der Waals surface area (Å²) >= 11 is 1.73. The van der Waals surface area contributed by atoms with Crippen LogP contribution in [0.2, 0.25) is 0 Å². The minimum absolute atomic E-state index is 0.134. The minimum Gasteiger partial charge on any atom is -0.493 e. The molecule has 1 N–H and O–H groups in total. The fourth-order valence-electron chi connectivity index (χ4n) is 2.76. The molecule has 7 nitrogen and oxygen atoms in total. The molecule has 0 radical (unpaired) electrons. The highest BCUT2D eigenvalue weighted by Crippen LogP contribution is 2.40. The molecule has 0 aliphatic heterocycles. The number of nitrogens with one attached hydrogen (secondary N) is 1. The van der Waals surface area contributed by atoms with E-state index >= 15 is 0 Å². The standard InChI is InChI=1S/C18H21N3O4S/c1-23-14-7-11(8-15(24-2)18(14)25-3)13-10-16-19-12(5-6-26-4)9-17(22)21(16)20-13/h7-10,20H,5-6H2,1-4H3. The van der Waals surface area contributed by atoms with Gasteiger partial charge in [-0.15, -0.1) is 0 Å². The zero-order valence-electron chi connectivity index (χ0n) is 15.2. The third-order valence-corrected chi connectivity index (χ3v) is 4.65. The molecular weight excluding hydrogens is 354 g/mol. The molecule has 26 heavy (non-hydrogen) atoms. The van der Waals surface area contributed by atoms with Crippen molar-refractivity contribution in [3.8, 4) is 28.5 Å². The summed E-state index contributed by atoms with van der Waals surface area (Å²) in [7, 11) is 4.69. The third kappa shape index (κ3) is 3.37. The highest BCUT2D eigenvalue weighted by Gasteiger charge is 2.16. The van der Waals surface area contributed by atoms with Crippen molar-refractivity contribution in [1.82, 2.24) is 14.6 Å². The molecule has 1 aromatic carbocycles. The van der Waals surface area contributed by atoms with E-state index < -0.39 is 0 Å². The number of aromatic nitrogens is 3. The first-order valence-corrected chi connectivity index (χ1v) is 9.41. The topological polar surface area (TPSA) is 77.8 Å². The second kappa shape index (κ2) is 7.74. The van der Waals surface area contributed by atoms with E-state index in [4.69, 9.17) is 14.2 Å². The first kappa shape index (κ1) is 18.2. The van der Waals surface area contributed by atoms with E-state index in [1.165, 1.54) is 4.52 Å². The summed E-state index contributed by atoms with van der Waals surface area (Å²) in [5.41, 5.74) is 2.77. The highest BCUT2D eigenvalue weighted by molar-refractivity contribution is 7.98. The van der Waals surface area contributed by atoms with Crippen LogP contribution in [-0.2, 0) is 6.42 Å². The number of aromatic amines is 1. The van der Waals surface area contributed by atoms with E-state index in [-0.39, 0.29) is 5.56 Å². The van der Waals surface area contributed by atoms with E-state index in [2.05, 4.69) is 10.1 Å². The fraction of sp³-hybridized carbons (Fsp3) is 0.333. The molecule has 3 aromatic rings. The molecule has 3 rings (SSSR count). The number of aryl methyl sites for hydroxylation is 1. The molecule has 0 atom stereocenters. The van der Waals surface area contributed by atoms with Crippen LogP contribution in [0, 0.1) is 0 Å². The molecule has 8 heteroatoms. The molecule has 0 unspecified atom stereocenters. The van der Waals surface area contributed by atoms with Crippen LogP contribution in [0.3, 0.4) is 0 Å². The minimum atomic E-state index is -0.134. The molecule has 0 saturated carbocycles. The first-order chi connectivity index (χ1) is 12.6. The lowest BCUT2D eigenvalue weighted by Crippen LogP contribution is -2.15. The molecule has 0 aliphatic carbocycles. The predicted octanol–water partition coefficient (Wildman–Crippen LogP) is 2.62. The van der Waals surface area contributed by atoms with Gasteiger partial charge in [-0.2, -0.15) is 11.8 Å². The van der Waals surface area contributed by atoms with Gasteiger partial charge in [0, 0.05) is 23.4 Å². The quantitative estimate of drug-likeness (QED) is 0.684. The second-order valence-electron chi connectivity index (χ2n) is 5.61. The zero-order valence-corrected chi connectivity index (χ0v) is 16.0. The van der Waals surface area contributed by atoms with Crippen LogP contribution in [0.1, 0.15) is 5.69 Å². The molecule has 0 aliphatic rings. The van der Waals surface area contributed by atoms with E-state index in [0.717, 1.165) is 29.1 Å². The average molecular weight is 375 g/mol. The second-order valence-corrected chi connectivity index (χ2v) is 6.59. The van der Waals surface area contributed by atoms with Gasteiger partial charge in [-0.1, -0.05) is 0 Å². The Morgan fingerprint density at radius 1 is 1.08 bits per heavy atom. The zero-order chi connectivity index (χ0) is 18.7. The fourth-order valence-corrected chi connectivity index (χ4v) is 3.17. The maximum absolute atomic E-state index is 12.4. The van der Waals surface area contributed by atoms with Crippen LogP contribution >= 0.6 is 11.8 Å². The largest absolute Gasteiger partial charge is 0.493 e. The van der Waals surface area contributed by atoms with Gasteiger partial charge in [0.1, 0.15) is 0 Å². The maximum atomic E-state index is 12.4. The maximum Gasteiger partial charge on any atom is 0.272 e. The van der Waals surface area contributed by atoms with Crippen molar-refractivity contribution in [3.63, 3.8) is 0 Å². The number of hydrogen-bond donors (Lipinski definition) is 1. The molecular formula is C18H21N3O4S. The molecule has 0 saturated heterocycles. The summed E-state index contributed by atoms with van der Waals surface area (Å²) < 4.78 is 17.6. The van der Waals surface area contributed by atoms with Gasteiger partial charge in [-0.05, 0) is 30.6 Å². The number of benzene rings is 1. The van der Waals surface area contributed by atoms with E-state index in [9.17, 15) is 4.79 Å². The van der Waals surface area contributed by atoms with E-state index in [0.29, 0.717) is 22.9 Å². The smallest absolute Gasteiger partial charge is 0.272 e. The summed E-state index contributed by atoms with van der Waals surface area (Å²) in [6.45, 7) is 0. The van der Waals surface area contributed by atoms with Crippen LogP contribution in [0.25, 0.3) is 16.9 Å². The normalized spacial score (nSPS) is 10.9. The van der Waals surface area contributed by atoms with Crippen LogP contribution in [0.15, 0.2) is 29.1 Å². The molecule has 2 heterocycles. The lowest BCUT2D eigenvalue weighted by Gasteiger charge is -2.13. The number of hydrogen-bond acceptors (Lipinski definition) is 6. The molecule has 2 aromatic heterocycles. The highest BCUT2D eigenvalue weighted by atomic mass is 32.2. The Balaban J connectivity index is 2.11. The Labute approximate surface area is 155 Å². The van der Waals surface area contributed by atoms with Crippen molar-refractivity contribution in [1.29, 1.82) is 0 Å². The van der Waals surface area contributed by atoms with Crippen LogP contribution < -0.4 is 19.8 Å². The molecule has 0 spiro atoms. The van der Waals surface area contributed by atoms with Gasteiger partial charge in [-0.25, -0.2) is 9.50 Å². The Morgan fingerprint density at radius 3 is 2.35 bits per heavy atom. The number of methoxy groups -OCH3 is 3. The molecule has 0 fully saturated rings. The van der Waals surface area contributed by atoms with Gasteiger partial charge in [0.25, 0.3) is 5.56 Å². The van der Waals surface area contributed by atoms with Crippen molar-refractivity contribution >= 4 is 17.4 Å². The summed E-state index contributed by atoms with van der Waals surface area (Å²) in [4.78, 5) is 16.9. The Morgan fingerprint density at radius 2 is 1.77 bits per heavy atom. The van der Waals surface area contributed by atoms with Crippen LogP contribution in [-0.4, -0.2) is 47.9 Å². The molecule has 0 bridgehead atoms. The molecule has 138 valence electrons. The van der Waals surface area contributed by atoms with Gasteiger partial charge in [0.15, 0.2) is 17.1 Å². The first-order valence-electron chi connectivity index (χ1n) is 8.02. The summed E-state index contributed by atoms with van der Waals surface area (Å²) in [6, 6.07) is 7.06. The van der Waals surface area contributed by atoms with Crippen molar-refractivity contribution in [2.45, 2.75) is 6.42 Å². The lowest BCUT2D eigenvalue weighted by molar-refractivity contribution is 0.324. The predicted molar refractivity (Wildman–Crippen MR) is 103 cm³/mol. The van der Waals surface area contributed by atoms with Crippen LogP contribution in [0.5, 0.6) is 17.2 Å². The Kier molecular flexibility index (Phi) is 5.41. The number of ether oxygens (including phenoxy) is 3. The number of nitrogens with zero attached hydrogens (tertiary/aromatic N) is 2. The van der Waals surface area contributed by atoms with Gasteiger partial charge in [-0.3, -0.25) is 9.89 Å². The van der Waals surface area contributed by atoms with Gasteiger partial charge < -0.3 is 14.2 Å². The summed E-state index contributed by atoms with van der Waals surface area (Å²) in [5, 5.41) is 3.09. The summed E-state index contributed by atoms with van der Waals surface area (Å²) in [6.07, 6.45) is 2.79. The van der Waals surface area contributed by atoms with Gasteiger partial charge in [0.2, 0.25) is 5.75 Å². The number of rotatable bonds is 7. The molecule has 0 amide bonds. The number of H-pyrrole nitrogens is 1. The van der Waals surface area contributed by atoms with Gasteiger partial charge in [0.05, 0.1) is 27.0 Å². The SMILES string of the molecule is COc1cc(-c2cc3nc(CCSC)cc(=O)n3[nH]2)cc(OC)c1OC. The lowest BCUT2D eigenvalue weighted by atomic mass is 10.1.